The summed E-state index contributed by atoms with van der Waals surface area (Å²) in [5.74, 6) is -0.944. The van der Waals surface area contributed by atoms with Crippen LogP contribution < -0.4 is 5.32 Å². The molecule has 1 aliphatic heterocycles. The van der Waals surface area contributed by atoms with Crippen LogP contribution in [-0.4, -0.2) is 28.7 Å². The number of nitrogens with one attached hydrogen (secondary N) is 1. The van der Waals surface area contributed by atoms with Crippen LogP contribution in [0.15, 0.2) is 36.1 Å². The van der Waals surface area contributed by atoms with Gasteiger partial charge in [-0.1, -0.05) is 63.8 Å². The third-order valence-corrected chi connectivity index (χ3v) is 4.42. The molecule has 0 fully saturated rings. The van der Waals surface area contributed by atoms with Crippen molar-refractivity contribution in [2.24, 2.45) is 0 Å². The Bertz CT molecular complexity index is 550. The molecule has 1 amide bonds. The summed E-state index contributed by atoms with van der Waals surface area (Å²) in [4.78, 5) is 23.7. The van der Waals surface area contributed by atoms with Gasteiger partial charge in [-0.25, -0.2) is 4.79 Å². The molecule has 26 heavy (non-hydrogen) atoms. The van der Waals surface area contributed by atoms with Crippen LogP contribution in [-0.2, 0) is 14.3 Å². The van der Waals surface area contributed by atoms with E-state index in [9.17, 15) is 14.7 Å². The highest BCUT2D eigenvalue weighted by atomic mass is 16.6. The molecule has 0 saturated heterocycles. The number of carbonyl (C=O) groups is 2. The minimum atomic E-state index is -0.889. The van der Waals surface area contributed by atoms with Crippen LogP contribution in [0.25, 0.3) is 0 Å². The highest BCUT2D eigenvalue weighted by molar-refractivity contribution is 5.96. The minimum absolute atomic E-state index is 0.102. The van der Waals surface area contributed by atoms with Crippen LogP contribution >= 0.6 is 0 Å². The van der Waals surface area contributed by atoms with Crippen molar-refractivity contribution in [1.29, 1.82) is 0 Å². The van der Waals surface area contributed by atoms with Crippen LogP contribution in [0.5, 0.6) is 0 Å². The fourth-order valence-electron chi connectivity index (χ4n) is 2.61. The van der Waals surface area contributed by atoms with E-state index in [1.807, 2.05) is 13.0 Å². The SMILES string of the molecule is CCCCCCC/C=C/C=C\[C@H](O)CC(=O)NC1=C[C@](C)(CC)OC1=O. The van der Waals surface area contributed by atoms with Gasteiger partial charge in [0.1, 0.15) is 11.3 Å². The molecule has 2 atom stereocenters. The topological polar surface area (TPSA) is 75.6 Å². The summed E-state index contributed by atoms with van der Waals surface area (Å²) >= 11 is 0. The number of hydrogen-bond acceptors (Lipinski definition) is 4. The molecule has 2 N–H and O–H groups in total. The second kappa shape index (κ2) is 11.7. The van der Waals surface area contributed by atoms with Crippen LogP contribution in [0, 0.1) is 0 Å². The first-order chi connectivity index (χ1) is 12.4. The number of ether oxygens (including phenoxy) is 1. The third-order valence-electron chi connectivity index (χ3n) is 4.42. The first kappa shape index (κ1) is 22.2. The molecule has 1 rings (SSSR count). The van der Waals surface area contributed by atoms with E-state index in [1.54, 1.807) is 25.2 Å². The van der Waals surface area contributed by atoms with Gasteiger partial charge in [0, 0.05) is 0 Å². The van der Waals surface area contributed by atoms with E-state index in [-0.39, 0.29) is 12.1 Å². The molecule has 146 valence electrons. The molecule has 0 aromatic heterocycles. The van der Waals surface area contributed by atoms with E-state index >= 15 is 0 Å². The zero-order chi connectivity index (χ0) is 19.4. The number of hydrogen-bond donors (Lipinski definition) is 2. The fraction of sp³-hybridized carbons (Fsp3) is 0.619. The van der Waals surface area contributed by atoms with Gasteiger partial charge in [-0.05, 0) is 32.3 Å². The molecular weight excluding hydrogens is 330 g/mol. The number of esters is 1. The zero-order valence-electron chi connectivity index (χ0n) is 16.3. The maximum atomic E-state index is 11.9. The Morgan fingerprint density at radius 2 is 2.00 bits per heavy atom. The van der Waals surface area contributed by atoms with E-state index in [1.165, 1.54) is 32.1 Å². The number of amides is 1. The van der Waals surface area contributed by atoms with E-state index in [4.69, 9.17) is 4.74 Å². The predicted molar refractivity (Wildman–Crippen MR) is 103 cm³/mol. The van der Waals surface area contributed by atoms with E-state index in [0.717, 1.165) is 6.42 Å². The van der Waals surface area contributed by atoms with E-state index < -0.39 is 23.6 Å². The second-order valence-electron chi connectivity index (χ2n) is 6.95. The Hall–Kier alpha value is -1.88. The zero-order valence-corrected chi connectivity index (χ0v) is 16.3. The summed E-state index contributed by atoms with van der Waals surface area (Å²) in [6.45, 7) is 5.90. The largest absolute Gasteiger partial charge is 0.450 e. The quantitative estimate of drug-likeness (QED) is 0.313. The average molecular weight is 363 g/mol. The molecule has 0 aliphatic carbocycles. The number of aliphatic hydroxyl groups is 1. The molecule has 5 nitrogen and oxygen atoms in total. The first-order valence-corrected chi connectivity index (χ1v) is 9.67. The molecule has 5 heteroatoms. The van der Waals surface area contributed by atoms with Gasteiger partial charge < -0.3 is 15.2 Å². The van der Waals surface area contributed by atoms with Crippen molar-refractivity contribution in [2.45, 2.75) is 83.8 Å². The highest BCUT2D eigenvalue weighted by Gasteiger charge is 2.35. The van der Waals surface area contributed by atoms with Gasteiger partial charge in [-0.2, -0.15) is 0 Å². The lowest BCUT2D eigenvalue weighted by molar-refractivity contribution is -0.146. The van der Waals surface area contributed by atoms with Gasteiger partial charge in [0.05, 0.1) is 12.5 Å². The summed E-state index contributed by atoms with van der Waals surface area (Å²) in [7, 11) is 0. The highest BCUT2D eigenvalue weighted by Crippen LogP contribution is 2.26. The Morgan fingerprint density at radius 1 is 1.27 bits per heavy atom. The average Bonchev–Trinajstić information content (AvgIpc) is 2.87. The molecule has 0 aromatic rings. The summed E-state index contributed by atoms with van der Waals surface area (Å²) < 4.78 is 5.22. The lowest BCUT2D eigenvalue weighted by Crippen LogP contribution is -2.28. The minimum Gasteiger partial charge on any atom is -0.450 e. The maximum absolute atomic E-state index is 11.9. The van der Waals surface area contributed by atoms with E-state index in [0.29, 0.717) is 6.42 Å². The molecule has 0 spiro atoms. The number of rotatable bonds is 12. The fourth-order valence-corrected chi connectivity index (χ4v) is 2.61. The van der Waals surface area contributed by atoms with E-state index in [2.05, 4.69) is 18.3 Å². The van der Waals surface area contributed by atoms with Gasteiger partial charge in [0.25, 0.3) is 0 Å². The Kier molecular flexibility index (Phi) is 9.96. The normalized spacial score (nSPS) is 21.2. The lowest BCUT2D eigenvalue weighted by Gasteiger charge is -2.17. The summed E-state index contributed by atoms with van der Waals surface area (Å²) in [5, 5.41) is 12.4. The van der Waals surface area contributed by atoms with Gasteiger partial charge in [0.15, 0.2) is 0 Å². The molecular formula is C21H33NO4. The number of unbranched alkanes of at least 4 members (excludes halogenated alkanes) is 5. The Balaban J connectivity index is 2.28. The summed E-state index contributed by atoms with van der Waals surface area (Å²) in [6.07, 6.45) is 15.8. The second-order valence-corrected chi connectivity index (χ2v) is 6.95. The first-order valence-electron chi connectivity index (χ1n) is 9.67. The van der Waals surface area contributed by atoms with Crippen molar-refractivity contribution < 1.29 is 19.4 Å². The number of carbonyl (C=O) groups excluding carboxylic acids is 2. The van der Waals surface area contributed by atoms with Crippen LogP contribution in [0.1, 0.15) is 72.1 Å². The Labute approximate surface area is 157 Å². The van der Waals surface area contributed by atoms with Crippen LogP contribution in [0.3, 0.4) is 0 Å². The summed E-state index contributed by atoms with van der Waals surface area (Å²) in [5.41, 5.74) is -0.516. The van der Waals surface area contributed by atoms with Gasteiger partial charge >= 0.3 is 5.97 Å². The number of allylic oxidation sites excluding steroid dienone is 3. The van der Waals surface area contributed by atoms with Crippen molar-refractivity contribution in [3.8, 4) is 0 Å². The van der Waals surface area contributed by atoms with Crippen LogP contribution in [0.4, 0.5) is 0 Å². The molecule has 0 radical (unpaired) electrons. The predicted octanol–water partition coefficient (Wildman–Crippen LogP) is 3.94. The Morgan fingerprint density at radius 3 is 2.65 bits per heavy atom. The van der Waals surface area contributed by atoms with Gasteiger partial charge in [-0.3, -0.25) is 4.79 Å². The molecule has 0 aromatic carbocycles. The maximum Gasteiger partial charge on any atom is 0.355 e. The molecule has 0 bridgehead atoms. The molecule has 1 heterocycles. The van der Waals surface area contributed by atoms with Crippen molar-refractivity contribution in [3.63, 3.8) is 0 Å². The molecule has 0 unspecified atom stereocenters. The van der Waals surface area contributed by atoms with Gasteiger partial charge in [-0.15, -0.1) is 0 Å². The van der Waals surface area contributed by atoms with Crippen LogP contribution in [0.2, 0.25) is 0 Å². The van der Waals surface area contributed by atoms with Crippen molar-refractivity contribution in [3.05, 3.63) is 36.1 Å². The lowest BCUT2D eigenvalue weighted by atomic mass is 10.0. The molecule has 1 aliphatic rings. The van der Waals surface area contributed by atoms with Crippen molar-refractivity contribution in [2.75, 3.05) is 0 Å². The molecule has 0 saturated carbocycles. The number of aliphatic hydroxyl groups excluding tert-OH is 1. The van der Waals surface area contributed by atoms with Crippen molar-refractivity contribution >= 4 is 11.9 Å². The number of cyclic esters (lactones) is 1. The smallest absolute Gasteiger partial charge is 0.355 e. The monoisotopic (exact) mass is 363 g/mol. The standard InChI is InChI=1S/C21H33NO4/c1-4-6-7-8-9-10-11-12-13-14-17(23)15-19(24)22-18-16-21(3,5-2)26-20(18)25/h11-14,16-17,23H,4-10,15H2,1-3H3,(H,22,24)/b12-11+,14-13-/t17-,21-/m0/s1. The van der Waals surface area contributed by atoms with Gasteiger partial charge in [0.2, 0.25) is 5.91 Å². The van der Waals surface area contributed by atoms with Crippen molar-refractivity contribution in [1.82, 2.24) is 5.32 Å². The third kappa shape index (κ3) is 8.48. The summed E-state index contributed by atoms with van der Waals surface area (Å²) in [6, 6.07) is 0.